The van der Waals surface area contributed by atoms with Crippen LogP contribution in [0.5, 0.6) is 0 Å². The lowest BCUT2D eigenvalue weighted by Gasteiger charge is -2.18. The van der Waals surface area contributed by atoms with Crippen LogP contribution in [0.1, 0.15) is 265 Å². The van der Waals surface area contributed by atoms with Gasteiger partial charge in [-0.25, -0.2) is 0 Å². The van der Waals surface area contributed by atoms with Gasteiger partial charge in [0.05, 0.1) is 0 Å². The predicted octanol–water partition coefficient (Wildman–Crippen LogP) is 19.3. The summed E-state index contributed by atoms with van der Waals surface area (Å²) in [6.45, 7) is 6.45. The molecule has 1 atom stereocenters. The molecule has 0 N–H and O–H groups in total. The van der Waals surface area contributed by atoms with Crippen molar-refractivity contribution in [2.45, 2.75) is 271 Å². The zero-order valence-electron chi connectivity index (χ0n) is 45.0. The van der Waals surface area contributed by atoms with Gasteiger partial charge in [0, 0.05) is 19.3 Å². The quantitative estimate of drug-likeness (QED) is 0.0262. The van der Waals surface area contributed by atoms with Crippen molar-refractivity contribution in [3.8, 4) is 0 Å². The minimum Gasteiger partial charge on any atom is -0.462 e. The number of rotatable bonds is 51. The lowest BCUT2D eigenvalue weighted by Crippen LogP contribution is -2.30. The summed E-state index contributed by atoms with van der Waals surface area (Å²) >= 11 is 0. The molecule has 0 rings (SSSR count). The smallest absolute Gasteiger partial charge is 0.306 e. The molecule has 0 radical (unpaired) electrons. The molecule has 0 aliphatic rings. The number of esters is 3. The monoisotopic (exact) mass is 959 g/mol. The first-order valence-corrected chi connectivity index (χ1v) is 28.7. The highest BCUT2D eigenvalue weighted by molar-refractivity contribution is 5.71. The molecule has 0 heterocycles. The molecule has 0 aromatic heterocycles. The summed E-state index contributed by atoms with van der Waals surface area (Å²) in [6, 6.07) is 0. The molecule has 0 aromatic carbocycles. The third-order valence-corrected chi connectivity index (χ3v) is 12.1. The Morgan fingerprint density at radius 1 is 0.304 bits per heavy atom. The summed E-state index contributed by atoms with van der Waals surface area (Å²) in [5.41, 5.74) is 0. The van der Waals surface area contributed by atoms with Gasteiger partial charge in [-0.1, -0.05) is 246 Å². The lowest BCUT2D eigenvalue weighted by atomic mass is 10.0. The summed E-state index contributed by atoms with van der Waals surface area (Å²) in [5.74, 6) is -0.981. The van der Waals surface area contributed by atoms with E-state index in [2.05, 4.69) is 118 Å². The van der Waals surface area contributed by atoms with Crippen LogP contribution in [0.4, 0.5) is 0 Å². The number of carbonyl (C=O) groups is 3. The molecular weight excluding hydrogens is 853 g/mol. The van der Waals surface area contributed by atoms with E-state index in [1.165, 1.54) is 116 Å². The van der Waals surface area contributed by atoms with Crippen LogP contribution in [-0.4, -0.2) is 37.2 Å². The molecule has 0 bridgehead atoms. The van der Waals surface area contributed by atoms with Gasteiger partial charge in [-0.05, 0) is 96.3 Å². The van der Waals surface area contributed by atoms with Crippen molar-refractivity contribution in [3.63, 3.8) is 0 Å². The van der Waals surface area contributed by atoms with Gasteiger partial charge in [0.2, 0.25) is 0 Å². The average molecular weight is 960 g/mol. The maximum absolute atomic E-state index is 12.8. The summed E-state index contributed by atoms with van der Waals surface area (Å²) in [4.78, 5) is 38.1. The topological polar surface area (TPSA) is 78.9 Å². The van der Waals surface area contributed by atoms with Crippen molar-refractivity contribution < 1.29 is 28.6 Å². The van der Waals surface area contributed by atoms with E-state index in [1.807, 2.05) is 0 Å². The molecule has 0 saturated heterocycles. The van der Waals surface area contributed by atoms with E-state index in [-0.39, 0.29) is 44.0 Å². The van der Waals surface area contributed by atoms with E-state index in [4.69, 9.17) is 14.2 Å². The largest absolute Gasteiger partial charge is 0.462 e. The van der Waals surface area contributed by atoms with Gasteiger partial charge in [0.25, 0.3) is 0 Å². The van der Waals surface area contributed by atoms with Crippen LogP contribution in [0.15, 0.2) is 97.2 Å². The Kier molecular flexibility index (Phi) is 53.9. The molecule has 0 aliphatic carbocycles. The van der Waals surface area contributed by atoms with Crippen LogP contribution in [0.25, 0.3) is 0 Å². The second kappa shape index (κ2) is 56.9. The van der Waals surface area contributed by atoms with Gasteiger partial charge in [-0.2, -0.15) is 0 Å². The first-order chi connectivity index (χ1) is 34.0. The van der Waals surface area contributed by atoms with E-state index in [1.54, 1.807) is 0 Å². The molecule has 6 nitrogen and oxygen atoms in total. The fourth-order valence-corrected chi connectivity index (χ4v) is 7.78. The SMILES string of the molecule is CC/C=C\C/C=C\C/C=C\C/C=C\CCCCCCC(=O)O[C@H](COC(=O)CCC/C=C\C/C=C\C/C=C\C/C=C\CCCCC)COC(=O)CCCCCCCCCCCCCCCCCCC. The fraction of sp³-hybridized carbons (Fsp3) is 0.698. The van der Waals surface area contributed by atoms with E-state index in [0.29, 0.717) is 12.8 Å². The molecule has 0 fully saturated rings. The fourth-order valence-electron chi connectivity index (χ4n) is 7.78. The van der Waals surface area contributed by atoms with Crippen molar-refractivity contribution in [2.24, 2.45) is 0 Å². The van der Waals surface area contributed by atoms with Crippen molar-refractivity contribution in [3.05, 3.63) is 97.2 Å². The van der Waals surface area contributed by atoms with Crippen molar-refractivity contribution in [2.75, 3.05) is 13.2 Å². The summed E-state index contributed by atoms with van der Waals surface area (Å²) < 4.78 is 16.8. The van der Waals surface area contributed by atoms with Crippen molar-refractivity contribution >= 4 is 17.9 Å². The van der Waals surface area contributed by atoms with Gasteiger partial charge < -0.3 is 14.2 Å². The summed E-state index contributed by atoms with van der Waals surface area (Å²) in [7, 11) is 0. The lowest BCUT2D eigenvalue weighted by molar-refractivity contribution is -0.167. The van der Waals surface area contributed by atoms with E-state index in [9.17, 15) is 14.4 Å². The molecule has 0 unspecified atom stereocenters. The Morgan fingerprint density at radius 2 is 0.580 bits per heavy atom. The first kappa shape index (κ1) is 65.3. The molecular formula is C63H106O6. The Hall–Kier alpha value is -3.67. The average Bonchev–Trinajstić information content (AvgIpc) is 3.35. The van der Waals surface area contributed by atoms with Gasteiger partial charge in [0.1, 0.15) is 13.2 Å². The number of carbonyl (C=O) groups excluding carboxylic acids is 3. The van der Waals surface area contributed by atoms with Crippen molar-refractivity contribution in [1.29, 1.82) is 0 Å². The van der Waals surface area contributed by atoms with Gasteiger partial charge >= 0.3 is 17.9 Å². The Bertz CT molecular complexity index is 1380. The Labute approximate surface area is 426 Å². The normalized spacial score (nSPS) is 12.8. The Morgan fingerprint density at radius 3 is 0.971 bits per heavy atom. The minimum atomic E-state index is -0.812. The molecule has 0 spiro atoms. The van der Waals surface area contributed by atoms with Gasteiger partial charge in [-0.15, -0.1) is 0 Å². The molecule has 394 valence electrons. The zero-order valence-corrected chi connectivity index (χ0v) is 45.0. The number of allylic oxidation sites excluding steroid dienone is 16. The third kappa shape index (κ3) is 55.1. The molecule has 0 amide bonds. The van der Waals surface area contributed by atoms with Crippen LogP contribution in [0.2, 0.25) is 0 Å². The number of unbranched alkanes of at least 4 members (excludes halogenated alkanes) is 24. The number of hydrogen-bond acceptors (Lipinski definition) is 6. The summed E-state index contributed by atoms with van der Waals surface area (Å²) in [5, 5.41) is 0. The van der Waals surface area contributed by atoms with Crippen LogP contribution >= 0.6 is 0 Å². The third-order valence-electron chi connectivity index (χ3n) is 12.1. The van der Waals surface area contributed by atoms with Gasteiger partial charge in [-0.3, -0.25) is 14.4 Å². The van der Waals surface area contributed by atoms with Crippen LogP contribution in [0.3, 0.4) is 0 Å². The van der Waals surface area contributed by atoms with Crippen molar-refractivity contribution in [1.82, 2.24) is 0 Å². The van der Waals surface area contributed by atoms with E-state index < -0.39 is 6.10 Å². The van der Waals surface area contributed by atoms with E-state index >= 15 is 0 Å². The maximum atomic E-state index is 12.8. The predicted molar refractivity (Wildman–Crippen MR) is 297 cm³/mol. The van der Waals surface area contributed by atoms with E-state index in [0.717, 1.165) is 103 Å². The molecule has 0 saturated carbocycles. The first-order valence-electron chi connectivity index (χ1n) is 28.7. The molecule has 69 heavy (non-hydrogen) atoms. The van der Waals surface area contributed by atoms with Gasteiger partial charge in [0.15, 0.2) is 6.10 Å². The highest BCUT2D eigenvalue weighted by Gasteiger charge is 2.19. The molecule has 0 aliphatic heterocycles. The summed E-state index contributed by atoms with van der Waals surface area (Å²) in [6.07, 6.45) is 75.4. The Balaban J connectivity index is 4.50. The maximum Gasteiger partial charge on any atom is 0.306 e. The van der Waals surface area contributed by atoms with Crippen LogP contribution in [0, 0.1) is 0 Å². The molecule has 6 heteroatoms. The second-order valence-electron chi connectivity index (χ2n) is 18.8. The standard InChI is InChI=1S/C63H106O6/c1-4-7-10-13-16-19-22-25-28-31-34-37-40-43-46-49-52-55-61(64)67-58-60(69-63(66)57-54-51-48-45-42-39-36-33-30-27-24-21-18-15-12-9-6-3)59-68-62(65)56-53-50-47-44-41-38-35-32-29-26-23-20-17-14-11-8-5-2/h9,12,16,18-19,21,25,27-28,30,34,36-37,39,43,46,60H,4-8,10-11,13-15,17,20,22-24,26,29,31-33,35,38,40-42,44-45,47-59H2,1-3H3/b12-9-,19-16-,21-18-,28-25-,30-27-,37-34-,39-36-,46-43-/t60-/m1/s1. The zero-order chi connectivity index (χ0) is 50.0. The highest BCUT2D eigenvalue weighted by Crippen LogP contribution is 2.15. The van der Waals surface area contributed by atoms with Crippen LogP contribution < -0.4 is 0 Å². The molecule has 0 aromatic rings. The highest BCUT2D eigenvalue weighted by atomic mass is 16.6. The second-order valence-corrected chi connectivity index (χ2v) is 18.8. The number of hydrogen-bond donors (Lipinski definition) is 0. The van der Waals surface area contributed by atoms with Crippen LogP contribution in [-0.2, 0) is 28.6 Å². The number of ether oxygens (including phenoxy) is 3. The minimum absolute atomic E-state index is 0.103.